The van der Waals surface area contributed by atoms with Gasteiger partial charge in [-0.15, -0.1) is 0 Å². The van der Waals surface area contributed by atoms with Gasteiger partial charge in [-0.05, 0) is 55.3 Å². The van der Waals surface area contributed by atoms with Crippen molar-refractivity contribution in [1.29, 1.82) is 0 Å². The summed E-state index contributed by atoms with van der Waals surface area (Å²) in [6.45, 7) is 3.93. The number of carboxylic acids is 1. The van der Waals surface area contributed by atoms with E-state index < -0.39 is 28.0 Å². The third kappa shape index (κ3) is 5.64. The number of carboxylic acid groups (broad SMARTS) is 1. The number of thioether (sulfide) groups is 1. The summed E-state index contributed by atoms with van der Waals surface area (Å²) in [5.74, 6) is -0.863. The molecule has 0 radical (unpaired) electrons. The second-order valence-corrected chi connectivity index (χ2v) is 11.6. The SMILES string of the molecule is CCCCS[C@@H]1C[C@@H](c2cccc(Cl)c2)N(S(=O)(=O)c2ccc(C)cc2)C[C@H]1C(=O)O. The first-order valence-corrected chi connectivity index (χ1v) is 13.3. The molecule has 5 nitrogen and oxygen atoms in total. The number of hydrogen-bond donors (Lipinski definition) is 1. The summed E-state index contributed by atoms with van der Waals surface area (Å²) in [4.78, 5) is 12.3. The van der Waals surface area contributed by atoms with Crippen molar-refractivity contribution < 1.29 is 18.3 Å². The van der Waals surface area contributed by atoms with Gasteiger partial charge in [-0.2, -0.15) is 16.1 Å². The Hall–Kier alpha value is -1.54. The lowest BCUT2D eigenvalue weighted by molar-refractivity contribution is -0.143. The van der Waals surface area contributed by atoms with Crippen LogP contribution in [-0.2, 0) is 14.8 Å². The number of piperidine rings is 1. The number of sulfonamides is 1. The number of hydrogen-bond acceptors (Lipinski definition) is 4. The van der Waals surface area contributed by atoms with Gasteiger partial charge in [-0.1, -0.05) is 54.8 Å². The van der Waals surface area contributed by atoms with E-state index in [0.29, 0.717) is 11.4 Å². The number of nitrogens with zero attached hydrogens (tertiary/aromatic N) is 1. The van der Waals surface area contributed by atoms with E-state index in [2.05, 4.69) is 6.92 Å². The summed E-state index contributed by atoms with van der Waals surface area (Å²) in [7, 11) is -3.89. The lowest BCUT2D eigenvalue weighted by Crippen LogP contribution is -2.49. The Morgan fingerprint density at radius 3 is 2.55 bits per heavy atom. The zero-order valence-corrected chi connectivity index (χ0v) is 20.1. The van der Waals surface area contributed by atoms with E-state index >= 15 is 0 Å². The molecule has 1 fully saturated rings. The van der Waals surface area contributed by atoms with Crippen LogP contribution in [0.15, 0.2) is 53.4 Å². The number of aliphatic carboxylic acids is 1. The largest absolute Gasteiger partial charge is 0.481 e. The van der Waals surface area contributed by atoms with E-state index in [9.17, 15) is 18.3 Å². The van der Waals surface area contributed by atoms with Crippen molar-refractivity contribution in [3.8, 4) is 0 Å². The average molecular weight is 482 g/mol. The van der Waals surface area contributed by atoms with Gasteiger partial charge in [0.15, 0.2) is 0 Å². The van der Waals surface area contributed by atoms with Gasteiger partial charge in [-0.25, -0.2) is 8.42 Å². The smallest absolute Gasteiger partial charge is 0.308 e. The Labute approximate surface area is 193 Å². The molecule has 168 valence electrons. The Morgan fingerprint density at radius 2 is 1.94 bits per heavy atom. The molecule has 0 aliphatic carbocycles. The highest BCUT2D eigenvalue weighted by Gasteiger charge is 2.45. The maximum absolute atomic E-state index is 13.6. The molecule has 0 spiro atoms. The number of rotatable bonds is 8. The van der Waals surface area contributed by atoms with Crippen molar-refractivity contribution in [2.45, 2.75) is 49.3 Å². The summed E-state index contributed by atoms with van der Waals surface area (Å²) < 4.78 is 28.6. The molecular weight excluding hydrogens is 454 g/mol. The molecule has 2 aromatic rings. The normalized spacial score (nSPS) is 22.4. The van der Waals surface area contributed by atoms with E-state index in [-0.39, 0.29) is 16.7 Å². The van der Waals surface area contributed by atoms with Gasteiger partial charge in [0, 0.05) is 16.8 Å². The molecule has 3 rings (SSSR count). The molecule has 1 aliphatic rings. The van der Waals surface area contributed by atoms with Crippen LogP contribution in [0.2, 0.25) is 5.02 Å². The van der Waals surface area contributed by atoms with E-state index in [1.54, 1.807) is 54.2 Å². The lowest BCUT2D eigenvalue weighted by atomic mass is 9.90. The molecule has 0 aromatic heterocycles. The van der Waals surface area contributed by atoms with Crippen molar-refractivity contribution in [3.63, 3.8) is 0 Å². The van der Waals surface area contributed by atoms with E-state index in [0.717, 1.165) is 29.7 Å². The van der Waals surface area contributed by atoms with Crippen molar-refractivity contribution in [1.82, 2.24) is 4.31 Å². The van der Waals surface area contributed by atoms with Crippen LogP contribution >= 0.6 is 23.4 Å². The highest BCUT2D eigenvalue weighted by molar-refractivity contribution is 7.99. The molecule has 1 N–H and O–H groups in total. The van der Waals surface area contributed by atoms with Gasteiger partial charge >= 0.3 is 5.97 Å². The van der Waals surface area contributed by atoms with E-state index in [4.69, 9.17) is 11.6 Å². The van der Waals surface area contributed by atoms with Gasteiger partial charge in [-0.3, -0.25) is 4.79 Å². The van der Waals surface area contributed by atoms with Gasteiger partial charge in [0.1, 0.15) is 0 Å². The van der Waals surface area contributed by atoms with Crippen molar-refractivity contribution in [3.05, 3.63) is 64.7 Å². The van der Waals surface area contributed by atoms with Crippen LogP contribution in [0.25, 0.3) is 0 Å². The average Bonchev–Trinajstić information content (AvgIpc) is 2.73. The van der Waals surface area contributed by atoms with Gasteiger partial charge in [0.05, 0.1) is 16.9 Å². The molecule has 0 unspecified atom stereocenters. The Balaban J connectivity index is 2.03. The standard InChI is InChI=1S/C23H28ClNO4S2/c1-3-4-12-30-22-14-21(17-6-5-7-18(24)13-17)25(15-20(22)23(26)27)31(28,29)19-10-8-16(2)9-11-19/h5-11,13,20-22H,3-4,12,14-15H2,1-2H3,(H,26,27)/t20-,21+,22-/m1/s1. The fourth-order valence-corrected chi connectivity index (χ4v) is 7.23. The van der Waals surface area contributed by atoms with Gasteiger partial charge in [0.2, 0.25) is 10.0 Å². The second kappa shape index (κ2) is 10.4. The Kier molecular flexibility index (Phi) is 8.08. The van der Waals surface area contributed by atoms with Crippen molar-refractivity contribution in [2.75, 3.05) is 12.3 Å². The van der Waals surface area contributed by atoms with Crippen molar-refractivity contribution >= 4 is 39.4 Å². The molecule has 1 heterocycles. The highest BCUT2D eigenvalue weighted by Crippen LogP contribution is 2.42. The van der Waals surface area contributed by atoms with Crippen LogP contribution in [0.3, 0.4) is 0 Å². The quantitative estimate of drug-likeness (QED) is 0.512. The molecule has 3 atom stereocenters. The minimum absolute atomic E-state index is 0.0630. The van der Waals surface area contributed by atoms with Crippen molar-refractivity contribution in [2.24, 2.45) is 5.92 Å². The summed E-state index contributed by atoms with van der Waals surface area (Å²) in [5, 5.41) is 10.3. The first-order valence-electron chi connectivity index (χ1n) is 10.4. The number of unbranched alkanes of at least 4 members (excludes halogenated alkanes) is 1. The molecule has 31 heavy (non-hydrogen) atoms. The molecular formula is C23H28ClNO4S2. The van der Waals surface area contributed by atoms with E-state index in [1.807, 2.05) is 13.0 Å². The van der Waals surface area contributed by atoms with Gasteiger partial charge < -0.3 is 5.11 Å². The first-order chi connectivity index (χ1) is 14.7. The zero-order chi connectivity index (χ0) is 22.6. The van der Waals surface area contributed by atoms with Crippen LogP contribution in [-0.4, -0.2) is 41.3 Å². The molecule has 1 aliphatic heterocycles. The summed E-state index contributed by atoms with van der Waals surface area (Å²) in [6.07, 6.45) is 2.46. The summed E-state index contributed by atoms with van der Waals surface area (Å²) >= 11 is 7.85. The number of carbonyl (C=O) groups is 1. The third-order valence-electron chi connectivity index (χ3n) is 5.64. The minimum atomic E-state index is -3.89. The number of halogens is 1. The van der Waals surface area contributed by atoms with Crippen LogP contribution in [0.4, 0.5) is 0 Å². The molecule has 0 saturated carbocycles. The van der Waals surface area contributed by atoms with Gasteiger partial charge in [0.25, 0.3) is 0 Å². The predicted octanol–water partition coefficient (Wildman–Crippen LogP) is 5.39. The fraction of sp³-hybridized carbons (Fsp3) is 0.435. The first kappa shape index (κ1) is 24.1. The zero-order valence-electron chi connectivity index (χ0n) is 17.7. The van der Waals surface area contributed by atoms with Crippen LogP contribution in [0.1, 0.15) is 43.4 Å². The molecule has 8 heteroatoms. The summed E-state index contributed by atoms with van der Waals surface area (Å²) in [5.41, 5.74) is 1.74. The minimum Gasteiger partial charge on any atom is -0.481 e. The van der Waals surface area contributed by atoms with Crippen LogP contribution < -0.4 is 0 Å². The molecule has 1 saturated heterocycles. The maximum atomic E-state index is 13.6. The topological polar surface area (TPSA) is 74.7 Å². The molecule has 0 amide bonds. The highest BCUT2D eigenvalue weighted by atomic mass is 35.5. The number of aryl methyl sites for hydroxylation is 1. The maximum Gasteiger partial charge on any atom is 0.308 e. The summed E-state index contributed by atoms with van der Waals surface area (Å²) in [6, 6.07) is 13.4. The Bertz CT molecular complexity index is 1010. The second-order valence-electron chi connectivity index (χ2n) is 7.90. The Morgan fingerprint density at radius 1 is 1.23 bits per heavy atom. The monoisotopic (exact) mass is 481 g/mol. The van der Waals surface area contributed by atoms with E-state index in [1.165, 1.54) is 4.31 Å². The van der Waals surface area contributed by atoms with Crippen LogP contribution in [0.5, 0.6) is 0 Å². The number of benzene rings is 2. The van der Waals surface area contributed by atoms with Crippen LogP contribution in [0, 0.1) is 12.8 Å². The lowest BCUT2D eigenvalue weighted by Gasteiger charge is -2.41. The fourth-order valence-electron chi connectivity index (χ4n) is 3.87. The third-order valence-corrected chi connectivity index (χ3v) is 9.23. The molecule has 0 bridgehead atoms. The molecule has 2 aromatic carbocycles. The predicted molar refractivity (Wildman–Crippen MR) is 126 cm³/mol.